The maximum Gasteiger partial charge on any atom is 0.416 e. The van der Waals surface area contributed by atoms with Crippen LogP contribution in [0.5, 0.6) is 5.75 Å². The van der Waals surface area contributed by atoms with Crippen LogP contribution in [0.25, 0.3) is 22.9 Å². The molecule has 1 heterocycles. The number of fused-ring (bicyclic) bond motifs is 1. The molecule has 0 aliphatic carbocycles. The fourth-order valence-corrected chi connectivity index (χ4v) is 3.76. The highest BCUT2D eigenvalue weighted by Gasteiger charge is 2.44. The molecule has 0 bridgehead atoms. The SMILES string of the molecule is OC[C@H]1OC(Oc2cc3ccccc3cc2/C=C/c2cccc(C(F)(F)F)c2)[C@H](O)[C@@H](O)[C@@H]1O. The van der Waals surface area contributed by atoms with Crippen molar-refractivity contribution in [1.29, 1.82) is 0 Å². The Labute approximate surface area is 193 Å². The third kappa shape index (κ3) is 5.08. The van der Waals surface area contributed by atoms with Crippen LogP contribution in [0.2, 0.25) is 0 Å². The van der Waals surface area contributed by atoms with Crippen molar-refractivity contribution in [3.05, 3.63) is 77.4 Å². The summed E-state index contributed by atoms with van der Waals surface area (Å²) in [6, 6.07) is 15.6. The van der Waals surface area contributed by atoms with Gasteiger partial charge < -0.3 is 29.9 Å². The van der Waals surface area contributed by atoms with Crippen molar-refractivity contribution in [2.75, 3.05) is 6.61 Å². The highest BCUT2D eigenvalue weighted by Crippen LogP contribution is 2.33. The van der Waals surface area contributed by atoms with Gasteiger partial charge in [0, 0.05) is 5.56 Å². The second-order valence-electron chi connectivity index (χ2n) is 8.01. The van der Waals surface area contributed by atoms with E-state index in [-0.39, 0.29) is 5.75 Å². The smallest absolute Gasteiger partial charge is 0.416 e. The Hall–Kier alpha value is -2.95. The lowest BCUT2D eigenvalue weighted by Gasteiger charge is -2.39. The minimum atomic E-state index is -4.47. The van der Waals surface area contributed by atoms with E-state index in [2.05, 4.69) is 0 Å². The number of hydrogen-bond acceptors (Lipinski definition) is 6. The summed E-state index contributed by atoms with van der Waals surface area (Å²) >= 11 is 0. The number of aliphatic hydroxyl groups is 4. The van der Waals surface area contributed by atoms with Gasteiger partial charge in [-0.15, -0.1) is 0 Å². The maximum absolute atomic E-state index is 13.0. The second-order valence-corrected chi connectivity index (χ2v) is 8.01. The Morgan fingerprint density at radius 2 is 1.56 bits per heavy atom. The maximum atomic E-state index is 13.0. The normalized spacial score (nSPS) is 25.7. The monoisotopic (exact) mass is 476 g/mol. The predicted molar refractivity (Wildman–Crippen MR) is 119 cm³/mol. The first-order valence-corrected chi connectivity index (χ1v) is 10.5. The van der Waals surface area contributed by atoms with Gasteiger partial charge in [0.1, 0.15) is 30.2 Å². The van der Waals surface area contributed by atoms with Crippen LogP contribution in [-0.4, -0.2) is 57.7 Å². The molecule has 1 aliphatic heterocycles. The second kappa shape index (κ2) is 9.73. The van der Waals surface area contributed by atoms with Crippen molar-refractivity contribution in [1.82, 2.24) is 0 Å². The zero-order chi connectivity index (χ0) is 24.5. The quantitative estimate of drug-likeness (QED) is 0.422. The fraction of sp³-hybridized carbons (Fsp3) is 0.280. The van der Waals surface area contributed by atoms with Crippen molar-refractivity contribution < 1.29 is 43.1 Å². The van der Waals surface area contributed by atoms with Gasteiger partial charge in [-0.3, -0.25) is 0 Å². The van der Waals surface area contributed by atoms with E-state index >= 15 is 0 Å². The minimum Gasteiger partial charge on any atom is -0.461 e. The summed E-state index contributed by atoms with van der Waals surface area (Å²) in [7, 11) is 0. The topological polar surface area (TPSA) is 99.4 Å². The van der Waals surface area contributed by atoms with Crippen molar-refractivity contribution in [2.45, 2.75) is 36.9 Å². The van der Waals surface area contributed by atoms with Gasteiger partial charge in [0.05, 0.1) is 12.2 Å². The first-order valence-electron chi connectivity index (χ1n) is 10.5. The van der Waals surface area contributed by atoms with Crippen LogP contribution in [0.3, 0.4) is 0 Å². The lowest BCUT2D eigenvalue weighted by molar-refractivity contribution is -0.277. The molecule has 0 radical (unpaired) electrons. The zero-order valence-corrected chi connectivity index (χ0v) is 17.8. The summed E-state index contributed by atoms with van der Waals surface area (Å²) in [5.74, 6) is 0.228. The molecular formula is C25H23F3O6. The van der Waals surface area contributed by atoms with Gasteiger partial charge in [-0.05, 0) is 40.6 Å². The van der Waals surface area contributed by atoms with E-state index in [1.54, 1.807) is 18.2 Å². The zero-order valence-electron chi connectivity index (χ0n) is 17.8. The largest absolute Gasteiger partial charge is 0.461 e. The number of ether oxygens (including phenoxy) is 2. The number of hydrogen-bond donors (Lipinski definition) is 4. The Kier molecular flexibility index (Phi) is 6.92. The van der Waals surface area contributed by atoms with Gasteiger partial charge in [-0.1, -0.05) is 48.6 Å². The molecule has 0 saturated carbocycles. The summed E-state index contributed by atoms with van der Waals surface area (Å²) in [5, 5.41) is 41.4. The highest BCUT2D eigenvalue weighted by atomic mass is 19.4. The van der Waals surface area contributed by atoms with Crippen LogP contribution in [-0.2, 0) is 10.9 Å². The van der Waals surface area contributed by atoms with Crippen molar-refractivity contribution in [2.24, 2.45) is 0 Å². The Balaban J connectivity index is 1.69. The minimum absolute atomic E-state index is 0.228. The number of rotatable bonds is 5. The summed E-state index contributed by atoms with van der Waals surface area (Å²) < 4.78 is 50.4. The van der Waals surface area contributed by atoms with Gasteiger partial charge in [0.25, 0.3) is 0 Å². The molecule has 0 amide bonds. The Morgan fingerprint density at radius 3 is 2.24 bits per heavy atom. The summed E-state index contributed by atoms with van der Waals surface area (Å²) in [5.41, 5.74) is 0.0285. The molecular weight excluding hydrogens is 453 g/mol. The lowest BCUT2D eigenvalue weighted by Crippen LogP contribution is -2.60. The number of aliphatic hydroxyl groups excluding tert-OH is 4. The predicted octanol–water partition coefficient (Wildman–Crippen LogP) is 3.21. The van der Waals surface area contributed by atoms with Crippen LogP contribution in [0.15, 0.2) is 60.7 Å². The molecule has 3 aromatic carbocycles. The van der Waals surface area contributed by atoms with Crippen LogP contribution in [0.1, 0.15) is 16.7 Å². The van der Waals surface area contributed by atoms with E-state index in [1.807, 2.05) is 24.3 Å². The molecule has 5 atom stereocenters. The van der Waals surface area contributed by atoms with Crippen LogP contribution in [0.4, 0.5) is 13.2 Å². The molecule has 1 saturated heterocycles. The molecule has 4 rings (SSSR count). The molecule has 9 heteroatoms. The average Bonchev–Trinajstić information content (AvgIpc) is 2.82. The number of halogens is 3. The van der Waals surface area contributed by atoms with Crippen LogP contribution in [0, 0.1) is 0 Å². The summed E-state index contributed by atoms with van der Waals surface area (Å²) in [6.45, 7) is -0.606. The van der Waals surface area contributed by atoms with E-state index in [1.165, 1.54) is 18.2 Å². The Bertz CT molecular complexity index is 1180. The molecule has 6 nitrogen and oxygen atoms in total. The van der Waals surface area contributed by atoms with E-state index in [0.717, 1.165) is 22.9 Å². The molecule has 0 spiro atoms. The standard InChI is InChI=1S/C25H23F3O6/c26-25(27,28)18-7-3-4-14(10-18)8-9-17-11-15-5-1-2-6-16(15)12-19(17)33-24-23(32)22(31)21(30)20(13-29)34-24/h1-12,20-24,29-32H,13H2/b9-8+/t20-,21-,22+,23-,24?/m1/s1. The number of benzene rings is 3. The molecule has 1 fully saturated rings. The van der Waals surface area contributed by atoms with Gasteiger partial charge in [-0.25, -0.2) is 0 Å². The van der Waals surface area contributed by atoms with Crippen LogP contribution >= 0.6 is 0 Å². The van der Waals surface area contributed by atoms with Crippen molar-refractivity contribution >= 4 is 22.9 Å². The molecule has 4 N–H and O–H groups in total. The van der Waals surface area contributed by atoms with Gasteiger partial charge >= 0.3 is 6.18 Å². The van der Waals surface area contributed by atoms with Gasteiger partial charge in [0.2, 0.25) is 6.29 Å². The van der Waals surface area contributed by atoms with E-state index < -0.39 is 49.1 Å². The molecule has 1 unspecified atom stereocenters. The fourth-order valence-electron chi connectivity index (χ4n) is 3.76. The molecule has 3 aromatic rings. The third-order valence-corrected chi connectivity index (χ3v) is 5.64. The average molecular weight is 476 g/mol. The molecule has 180 valence electrons. The molecule has 1 aliphatic rings. The highest BCUT2D eigenvalue weighted by molar-refractivity contribution is 5.88. The third-order valence-electron chi connectivity index (χ3n) is 5.64. The van der Waals surface area contributed by atoms with Crippen LogP contribution < -0.4 is 4.74 Å². The number of alkyl halides is 3. The van der Waals surface area contributed by atoms with E-state index in [9.17, 15) is 33.6 Å². The van der Waals surface area contributed by atoms with E-state index in [0.29, 0.717) is 11.1 Å². The summed E-state index contributed by atoms with van der Waals surface area (Å²) in [4.78, 5) is 0. The Morgan fingerprint density at radius 1 is 0.853 bits per heavy atom. The lowest BCUT2D eigenvalue weighted by atomic mass is 9.99. The molecule has 34 heavy (non-hydrogen) atoms. The molecule has 0 aromatic heterocycles. The van der Waals surface area contributed by atoms with Gasteiger partial charge in [0.15, 0.2) is 0 Å². The van der Waals surface area contributed by atoms with Crippen molar-refractivity contribution in [3.63, 3.8) is 0 Å². The van der Waals surface area contributed by atoms with E-state index in [4.69, 9.17) is 9.47 Å². The van der Waals surface area contributed by atoms with Crippen molar-refractivity contribution in [3.8, 4) is 5.75 Å². The summed E-state index contributed by atoms with van der Waals surface area (Å²) in [6.07, 6.45) is -8.70. The first-order chi connectivity index (χ1) is 16.2. The van der Waals surface area contributed by atoms with Gasteiger partial charge in [-0.2, -0.15) is 13.2 Å². The first kappa shape index (κ1) is 24.2.